The number of nitrogens with zero attached hydrogens (tertiary/aromatic N) is 1. The van der Waals surface area contributed by atoms with Gasteiger partial charge >= 0.3 is 6.36 Å². The van der Waals surface area contributed by atoms with Crippen LogP contribution in [0.1, 0.15) is 36.7 Å². The second-order valence-electron chi connectivity index (χ2n) is 8.55. The quantitative estimate of drug-likeness (QED) is 0.485. The Morgan fingerprint density at radius 2 is 1.72 bits per heavy atom. The van der Waals surface area contributed by atoms with Gasteiger partial charge in [0.2, 0.25) is 0 Å². The van der Waals surface area contributed by atoms with E-state index in [2.05, 4.69) is 15.4 Å². The van der Waals surface area contributed by atoms with Gasteiger partial charge < -0.3 is 20.1 Å². The molecule has 2 N–H and O–H groups in total. The van der Waals surface area contributed by atoms with Crippen molar-refractivity contribution in [3.05, 3.63) is 53.6 Å². The molecule has 2 aromatic carbocycles. The van der Waals surface area contributed by atoms with E-state index < -0.39 is 32.9 Å². The fourth-order valence-corrected chi connectivity index (χ4v) is 5.04. The van der Waals surface area contributed by atoms with E-state index in [0.29, 0.717) is 10.1 Å². The van der Waals surface area contributed by atoms with Gasteiger partial charge in [0.1, 0.15) is 16.4 Å². The molecule has 8 nitrogen and oxygen atoms in total. The Hall–Kier alpha value is -3.06. The van der Waals surface area contributed by atoms with Crippen molar-refractivity contribution in [1.82, 2.24) is 14.9 Å². The van der Waals surface area contributed by atoms with Crippen LogP contribution in [-0.2, 0) is 15.4 Å². The van der Waals surface area contributed by atoms with Gasteiger partial charge in [0.05, 0.1) is 19.2 Å². The van der Waals surface area contributed by atoms with Crippen molar-refractivity contribution in [2.24, 2.45) is 0 Å². The summed E-state index contributed by atoms with van der Waals surface area (Å²) in [6.07, 6.45) is -5.10. The number of carbonyl (C=O) groups excluding carboxylic acids is 1. The van der Waals surface area contributed by atoms with Crippen LogP contribution >= 0.6 is 12.2 Å². The van der Waals surface area contributed by atoms with Crippen molar-refractivity contribution in [3.63, 3.8) is 0 Å². The molecule has 0 aromatic heterocycles. The molecular weight excluding hydrogens is 519 g/mol. The van der Waals surface area contributed by atoms with Crippen LogP contribution in [0.5, 0.6) is 11.5 Å². The van der Waals surface area contributed by atoms with Crippen LogP contribution < -0.4 is 20.1 Å². The highest BCUT2D eigenvalue weighted by molar-refractivity contribution is 7.91. The Bertz CT molecular complexity index is 1210. The Morgan fingerprint density at radius 3 is 2.28 bits per heavy atom. The first-order valence-electron chi connectivity index (χ1n) is 10.7. The second kappa shape index (κ2) is 11.3. The average Bonchev–Trinajstić information content (AvgIpc) is 2.79. The molecule has 0 aliphatic rings. The van der Waals surface area contributed by atoms with E-state index >= 15 is 0 Å². The topological polar surface area (TPSA) is 97.0 Å². The average molecular weight is 548 g/mol. The molecule has 36 heavy (non-hydrogen) atoms. The van der Waals surface area contributed by atoms with Crippen molar-refractivity contribution >= 4 is 33.3 Å². The number of amides is 1. The first-order chi connectivity index (χ1) is 16.6. The van der Waals surface area contributed by atoms with Gasteiger partial charge in [0.15, 0.2) is 5.11 Å². The van der Waals surface area contributed by atoms with Crippen LogP contribution in [0.2, 0.25) is 0 Å². The number of ether oxygens (including phenoxy) is 2. The van der Waals surface area contributed by atoms with Crippen molar-refractivity contribution in [2.45, 2.75) is 37.4 Å². The maximum atomic E-state index is 13.3. The number of halogens is 3. The molecule has 0 fully saturated rings. The Labute approximate surface area is 213 Å². The number of para-hydroxylation sites is 1. The highest BCUT2D eigenvalue weighted by atomic mass is 32.2. The lowest BCUT2D eigenvalue weighted by Gasteiger charge is -2.26. The lowest BCUT2D eigenvalue weighted by molar-refractivity contribution is -0.275. The maximum Gasteiger partial charge on any atom is 0.573 e. The van der Waals surface area contributed by atoms with E-state index in [0.717, 1.165) is 17.7 Å². The molecule has 13 heteroatoms. The molecule has 0 atom stereocenters. The molecule has 0 saturated carbocycles. The number of hydrogen-bond donors (Lipinski definition) is 2. The predicted octanol–water partition coefficient (Wildman–Crippen LogP) is 3.82. The zero-order chi connectivity index (χ0) is 27.3. The smallest absolute Gasteiger partial charge is 0.496 e. The Balaban J connectivity index is 2.30. The van der Waals surface area contributed by atoms with E-state index in [1.54, 1.807) is 12.1 Å². The number of thiocarbonyl (C=S) groups is 1. The third kappa shape index (κ3) is 7.23. The van der Waals surface area contributed by atoms with Crippen molar-refractivity contribution in [1.29, 1.82) is 0 Å². The summed E-state index contributed by atoms with van der Waals surface area (Å²) in [5.74, 6) is -1.10. The van der Waals surface area contributed by atoms with Gasteiger partial charge in [-0.1, -0.05) is 39.0 Å². The van der Waals surface area contributed by atoms with Crippen molar-refractivity contribution < 1.29 is 35.9 Å². The van der Waals surface area contributed by atoms with Crippen LogP contribution in [0, 0.1) is 0 Å². The summed E-state index contributed by atoms with van der Waals surface area (Å²) in [6, 6.07) is 9.52. The minimum Gasteiger partial charge on any atom is -0.496 e. The Morgan fingerprint density at radius 1 is 1.08 bits per heavy atom. The van der Waals surface area contributed by atoms with Gasteiger partial charge in [0.25, 0.3) is 15.9 Å². The van der Waals surface area contributed by atoms with E-state index in [1.807, 2.05) is 26.8 Å². The highest BCUT2D eigenvalue weighted by Gasteiger charge is 2.36. The number of carbonyl (C=O) groups is 1. The van der Waals surface area contributed by atoms with E-state index in [9.17, 15) is 26.4 Å². The lowest BCUT2D eigenvalue weighted by Crippen LogP contribution is -2.46. The largest absolute Gasteiger partial charge is 0.573 e. The molecule has 2 rings (SSSR count). The van der Waals surface area contributed by atoms with Crippen LogP contribution in [0.15, 0.2) is 47.4 Å². The lowest BCUT2D eigenvalue weighted by atomic mass is 9.86. The number of rotatable bonds is 8. The number of nitrogens with one attached hydrogen (secondary N) is 2. The van der Waals surface area contributed by atoms with Crippen molar-refractivity contribution in [2.75, 3.05) is 27.2 Å². The molecule has 0 bridgehead atoms. The van der Waals surface area contributed by atoms with Gasteiger partial charge in [-0.2, -0.15) is 0 Å². The molecule has 0 radical (unpaired) electrons. The molecule has 0 saturated heterocycles. The number of methoxy groups -OCH3 is 1. The van der Waals surface area contributed by atoms with Crippen LogP contribution in [0.25, 0.3) is 0 Å². The molecule has 0 heterocycles. The summed E-state index contributed by atoms with van der Waals surface area (Å²) in [6.45, 7) is 5.38. The fourth-order valence-electron chi connectivity index (χ4n) is 3.16. The fraction of sp³-hybridized carbons (Fsp3) is 0.391. The molecule has 0 aliphatic carbocycles. The van der Waals surface area contributed by atoms with Gasteiger partial charge in [-0.3, -0.25) is 4.79 Å². The summed E-state index contributed by atoms with van der Waals surface area (Å²) in [5, 5.41) is 4.84. The third-order valence-electron chi connectivity index (χ3n) is 4.99. The molecule has 0 unspecified atom stereocenters. The zero-order valence-corrected chi connectivity index (χ0v) is 22.0. The molecule has 1 amide bonds. The second-order valence-corrected chi connectivity index (χ2v) is 10.8. The summed E-state index contributed by atoms with van der Waals surface area (Å²) in [5.41, 5.74) is 0.895. The number of alkyl halides is 3. The summed E-state index contributed by atoms with van der Waals surface area (Å²) in [7, 11) is -1.80. The normalized spacial score (nSPS) is 12.0. The molecule has 0 aliphatic heterocycles. The van der Waals surface area contributed by atoms with Gasteiger partial charge in [0, 0.05) is 13.6 Å². The van der Waals surface area contributed by atoms with Crippen LogP contribution in [-0.4, -0.2) is 57.4 Å². The molecule has 0 spiro atoms. The SMILES string of the molecule is CNC(=S)N(CCNC(=O)c1cc(C(C)(C)C)ccc1OC)S(=O)(=O)c1ccccc1OC(F)(F)F. The first kappa shape index (κ1) is 29.2. The first-order valence-corrected chi connectivity index (χ1v) is 12.5. The highest BCUT2D eigenvalue weighted by Crippen LogP contribution is 2.31. The third-order valence-corrected chi connectivity index (χ3v) is 7.37. The number of hydrogen-bond acceptors (Lipinski definition) is 6. The monoisotopic (exact) mass is 547 g/mol. The molecular formula is C23H28F3N3O5S2. The minimum atomic E-state index is -5.10. The van der Waals surface area contributed by atoms with Gasteiger partial charge in [-0.15, -0.1) is 13.2 Å². The van der Waals surface area contributed by atoms with E-state index in [-0.39, 0.29) is 29.2 Å². The standard InChI is InChI=1S/C23H28F3N3O5S2/c1-22(2,3)15-10-11-17(33-5)16(14-15)20(30)28-12-13-29(21(35)27-4)36(31,32)19-9-7-6-8-18(19)34-23(24,25)26/h6-11,14H,12-13H2,1-5H3,(H,27,35)(H,28,30). The Kier molecular flexibility index (Phi) is 9.18. The summed E-state index contributed by atoms with van der Waals surface area (Å²) in [4.78, 5) is 12.2. The number of sulfonamides is 1. The molecule has 2 aromatic rings. The predicted molar refractivity (Wildman–Crippen MR) is 133 cm³/mol. The summed E-state index contributed by atoms with van der Waals surface area (Å²) < 4.78 is 74.9. The zero-order valence-electron chi connectivity index (χ0n) is 20.4. The molecule has 198 valence electrons. The maximum absolute atomic E-state index is 13.3. The summed E-state index contributed by atoms with van der Waals surface area (Å²) >= 11 is 5.09. The van der Waals surface area contributed by atoms with Crippen molar-refractivity contribution in [3.8, 4) is 11.5 Å². The van der Waals surface area contributed by atoms with Gasteiger partial charge in [-0.05, 0) is 47.5 Å². The minimum absolute atomic E-state index is 0.203. The number of benzene rings is 2. The van der Waals surface area contributed by atoms with Gasteiger partial charge in [-0.25, -0.2) is 12.7 Å². The van der Waals surface area contributed by atoms with E-state index in [4.69, 9.17) is 17.0 Å². The van der Waals surface area contributed by atoms with Crippen LogP contribution in [0.3, 0.4) is 0 Å². The van der Waals surface area contributed by atoms with Crippen LogP contribution in [0.4, 0.5) is 13.2 Å². The van der Waals surface area contributed by atoms with E-state index in [1.165, 1.54) is 26.3 Å².